The molecule has 1 fully saturated rings. The lowest BCUT2D eigenvalue weighted by Crippen LogP contribution is -2.50. The Bertz CT molecular complexity index is 1520. The largest absolute Gasteiger partial charge is 0.477 e. The average molecular weight is 497 g/mol. The van der Waals surface area contributed by atoms with Crippen molar-refractivity contribution in [2.75, 3.05) is 29.9 Å². The van der Waals surface area contributed by atoms with Crippen molar-refractivity contribution in [2.24, 2.45) is 5.92 Å². The summed E-state index contributed by atoms with van der Waals surface area (Å²) >= 11 is 1.22. The number of aromatic nitrogens is 4. The Morgan fingerprint density at radius 2 is 2.11 bits per heavy atom. The quantitative estimate of drug-likeness (QED) is 0.287. The first-order valence-corrected chi connectivity index (χ1v) is 11.2. The number of pyridine rings is 3. The molecule has 4 aromatic rings. The number of hydrogen-bond acceptors (Lipinski definition) is 10. The van der Waals surface area contributed by atoms with Gasteiger partial charge >= 0.3 is 5.97 Å². The number of nitrogens with zero attached hydrogens (tertiary/aromatic N) is 6. The van der Waals surface area contributed by atoms with Crippen LogP contribution in [0.5, 0.6) is 0 Å². The molecule has 1 saturated heterocycles. The highest BCUT2D eigenvalue weighted by atomic mass is 32.1. The van der Waals surface area contributed by atoms with E-state index in [0.717, 1.165) is 12.3 Å². The van der Waals surface area contributed by atoms with E-state index in [0.29, 0.717) is 30.6 Å². The second-order valence-electron chi connectivity index (χ2n) is 7.83. The number of hydrogen-bond donors (Lipinski definition) is 2. The van der Waals surface area contributed by atoms with Crippen LogP contribution in [-0.4, -0.2) is 55.2 Å². The summed E-state index contributed by atoms with van der Waals surface area (Å²) in [7, 11) is 0. The van der Waals surface area contributed by atoms with Gasteiger partial charge in [0.2, 0.25) is 5.43 Å². The number of carboxylic acids is 1. The van der Waals surface area contributed by atoms with Gasteiger partial charge in [-0.3, -0.25) is 19.5 Å². The molecular weight excluding hydrogens is 481 g/mol. The molecule has 35 heavy (non-hydrogen) atoms. The van der Waals surface area contributed by atoms with Gasteiger partial charge in [-0.1, -0.05) is 0 Å². The van der Waals surface area contributed by atoms with E-state index in [1.54, 1.807) is 10.3 Å². The number of thiazole rings is 1. The van der Waals surface area contributed by atoms with Crippen LogP contribution in [0, 0.1) is 21.8 Å². The summed E-state index contributed by atoms with van der Waals surface area (Å²) in [4.78, 5) is 48.9. The number of rotatable bonds is 7. The van der Waals surface area contributed by atoms with Crippen LogP contribution in [0.4, 0.5) is 21.7 Å². The number of carboxylic acid groups (broad SMARTS) is 1. The van der Waals surface area contributed by atoms with E-state index in [9.17, 15) is 29.2 Å². The molecule has 0 aliphatic carbocycles. The molecule has 0 saturated carbocycles. The average Bonchev–Trinajstić information content (AvgIpc) is 3.33. The van der Waals surface area contributed by atoms with Crippen molar-refractivity contribution in [3.8, 4) is 5.13 Å². The number of anilines is 2. The van der Waals surface area contributed by atoms with Crippen LogP contribution in [0.3, 0.4) is 0 Å². The van der Waals surface area contributed by atoms with E-state index in [1.807, 2.05) is 0 Å². The molecule has 0 unspecified atom stereocenters. The fraction of sp³-hybridized carbons (Fsp3) is 0.190. The highest BCUT2D eigenvalue weighted by molar-refractivity contribution is 7.12. The van der Waals surface area contributed by atoms with Crippen molar-refractivity contribution in [3.05, 3.63) is 73.9 Å². The van der Waals surface area contributed by atoms with Gasteiger partial charge in [0.1, 0.15) is 11.4 Å². The van der Waals surface area contributed by atoms with E-state index in [1.165, 1.54) is 40.4 Å². The Morgan fingerprint density at radius 1 is 1.31 bits per heavy atom. The van der Waals surface area contributed by atoms with Crippen molar-refractivity contribution in [1.29, 1.82) is 0 Å². The van der Waals surface area contributed by atoms with E-state index in [4.69, 9.17) is 0 Å². The lowest BCUT2D eigenvalue weighted by Gasteiger charge is -2.40. The summed E-state index contributed by atoms with van der Waals surface area (Å²) in [5.41, 5.74) is -1.30. The third kappa shape index (κ3) is 4.14. The predicted molar refractivity (Wildman–Crippen MR) is 125 cm³/mol. The zero-order chi connectivity index (χ0) is 24.7. The van der Waals surface area contributed by atoms with Gasteiger partial charge in [-0.2, -0.15) is 0 Å². The van der Waals surface area contributed by atoms with Crippen LogP contribution in [0.25, 0.3) is 16.2 Å². The standard InChI is InChI=1S/C21H16FN7O5S/c22-15-6-13-17(30)14(20(31)32)10-28(21-24-3-4-35-21)18(13)26-19(15)27-8-11(9-27)7-25-16-5-12(29(33)34)1-2-23-16/h1-6,10-11H,7-9H2,(H,23,25)(H,31,32). The van der Waals surface area contributed by atoms with Gasteiger partial charge in [-0.05, 0) is 6.07 Å². The molecule has 0 radical (unpaired) electrons. The van der Waals surface area contributed by atoms with Crippen LogP contribution in [-0.2, 0) is 0 Å². The minimum absolute atomic E-state index is 0.0370. The lowest BCUT2D eigenvalue weighted by molar-refractivity contribution is -0.384. The van der Waals surface area contributed by atoms with Gasteiger partial charge < -0.3 is 15.3 Å². The Hall–Kier alpha value is -4.46. The Kier molecular flexibility index (Phi) is 5.56. The summed E-state index contributed by atoms with van der Waals surface area (Å²) in [6, 6.07) is 3.65. The van der Waals surface area contributed by atoms with Crippen LogP contribution < -0.4 is 15.6 Å². The number of nitro groups is 1. The van der Waals surface area contributed by atoms with E-state index in [2.05, 4.69) is 20.3 Å². The van der Waals surface area contributed by atoms with Crippen molar-refractivity contribution >= 4 is 45.7 Å². The minimum Gasteiger partial charge on any atom is -0.477 e. The molecule has 0 amide bonds. The van der Waals surface area contributed by atoms with E-state index in [-0.39, 0.29) is 28.5 Å². The van der Waals surface area contributed by atoms with Crippen LogP contribution >= 0.6 is 11.3 Å². The number of nitrogens with one attached hydrogen (secondary N) is 1. The first kappa shape index (κ1) is 22.3. The smallest absolute Gasteiger partial charge is 0.341 e. The fourth-order valence-electron chi connectivity index (χ4n) is 3.82. The highest BCUT2D eigenvalue weighted by Gasteiger charge is 2.31. The molecule has 14 heteroatoms. The molecule has 0 atom stereocenters. The normalized spacial score (nSPS) is 13.6. The molecule has 178 valence electrons. The molecule has 12 nitrogen and oxygen atoms in total. The van der Waals surface area contributed by atoms with E-state index >= 15 is 0 Å². The van der Waals surface area contributed by atoms with Gasteiger partial charge in [-0.15, -0.1) is 11.3 Å². The maximum atomic E-state index is 15.0. The maximum Gasteiger partial charge on any atom is 0.341 e. The fourth-order valence-corrected chi connectivity index (χ4v) is 4.44. The van der Waals surface area contributed by atoms with Crippen LogP contribution in [0.2, 0.25) is 0 Å². The zero-order valence-electron chi connectivity index (χ0n) is 17.8. The summed E-state index contributed by atoms with van der Waals surface area (Å²) in [5.74, 6) is -1.66. The molecule has 0 bridgehead atoms. The molecular formula is C21H16FN7O5S. The predicted octanol–water partition coefficient (Wildman–Crippen LogP) is 2.53. The topological polar surface area (TPSA) is 156 Å². The first-order chi connectivity index (χ1) is 16.8. The third-order valence-corrected chi connectivity index (χ3v) is 6.32. The van der Waals surface area contributed by atoms with Crippen molar-refractivity contribution in [2.45, 2.75) is 0 Å². The molecule has 2 N–H and O–H groups in total. The molecule has 1 aliphatic rings. The van der Waals surface area contributed by atoms with Crippen molar-refractivity contribution < 1.29 is 19.2 Å². The Morgan fingerprint density at radius 3 is 2.80 bits per heavy atom. The molecule has 1 aliphatic heterocycles. The number of halogens is 1. The zero-order valence-corrected chi connectivity index (χ0v) is 18.6. The first-order valence-electron chi connectivity index (χ1n) is 10.3. The minimum atomic E-state index is -1.43. The number of carbonyl (C=O) groups is 1. The van der Waals surface area contributed by atoms with Gasteiger partial charge in [0.05, 0.1) is 16.4 Å². The SMILES string of the molecule is O=C(O)c1cn(-c2nccs2)c2nc(N3CC(CNc4cc([N+](=O)[O-])ccn4)C3)c(F)cc2c1=O. The monoisotopic (exact) mass is 497 g/mol. The summed E-state index contributed by atoms with van der Waals surface area (Å²) in [5, 5.41) is 25.3. The van der Waals surface area contributed by atoms with Gasteiger partial charge in [0.25, 0.3) is 5.69 Å². The molecule has 5 heterocycles. The summed E-state index contributed by atoms with van der Waals surface area (Å²) in [6.45, 7) is 1.36. The summed E-state index contributed by atoms with van der Waals surface area (Å²) in [6.07, 6.45) is 4.02. The van der Waals surface area contributed by atoms with Crippen molar-refractivity contribution in [3.63, 3.8) is 0 Å². The lowest BCUT2D eigenvalue weighted by atomic mass is 10.00. The summed E-state index contributed by atoms with van der Waals surface area (Å²) < 4.78 is 16.3. The van der Waals surface area contributed by atoms with Crippen LogP contribution in [0.1, 0.15) is 10.4 Å². The third-order valence-electron chi connectivity index (χ3n) is 5.55. The van der Waals surface area contributed by atoms with Gasteiger partial charge in [0.15, 0.2) is 22.4 Å². The van der Waals surface area contributed by atoms with Gasteiger partial charge in [0, 0.05) is 55.6 Å². The number of fused-ring (bicyclic) bond motifs is 1. The highest BCUT2D eigenvalue weighted by Crippen LogP contribution is 2.29. The second-order valence-corrected chi connectivity index (χ2v) is 8.71. The van der Waals surface area contributed by atoms with Gasteiger partial charge in [-0.25, -0.2) is 24.1 Å². The molecule has 5 rings (SSSR count). The van der Waals surface area contributed by atoms with Crippen LogP contribution in [0.15, 0.2) is 47.0 Å². The number of aromatic carboxylic acids is 1. The molecule has 0 spiro atoms. The molecule has 4 aromatic heterocycles. The van der Waals surface area contributed by atoms with E-state index < -0.39 is 27.7 Å². The second kappa shape index (κ2) is 8.72. The Labute approximate surface area is 199 Å². The van der Waals surface area contributed by atoms with Crippen molar-refractivity contribution in [1.82, 2.24) is 19.5 Å². The molecule has 0 aromatic carbocycles. The maximum absolute atomic E-state index is 15.0. The Balaban J connectivity index is 1.39.